The van der Waals surface area contributed by atoms with Gasteiger partial charge in [-0.3, -0.25) is 9.78 Å². The number of aromatic nitrogens is 1. The fraction of sp³-hybridized carbons (Fsp3) is 0.680. The molecule has 0 spiro atoms. The topological polar surface area (TPSA) is 42.4 Å². The molecule has 1 unspecified atom stereocenters. The van der Waals surface area contributed by atoms with E-state index in [4.69, 9.17) is 4.74 Å². The standard InChI is InChI=1S/C25H34N2O2/c1-16-11-17(13-26-12-16)19-6-7-20-18-5-8-22-25(3,15-29-14-23(28)27(22)4)21(18)9-10-24(19,20)2/h6,11-13,18,20-22H,5,7-10,14-15H2,1-4H3/t18-,20-,21-,22?,24+,25+/m0/s1. The Morgan fingerprint density at radius 2 is 2.00 bits per heavy atom. The number of allylic oxidation sites excluding steroid dienone is 2. The summed E-state index contributed by atoms with van der Waals surface area (Å²) in [7, 11) is 1.99. The Labute approximate surface area is 174 Å². The van der Waals surface area contributed by atoms with Gasteiger partial charge >= 0.3 is 0 Å². The zero-order valence-corrected chi connectivity index (χ0v) is 18.3. The van der Waals surface area contributed by atoms with Gasteiger partial charge in [0, 0.05) is 30.9 Å². The smallest absolute Gasteiger partial charge is 0.248 e. The van der Waals surface area contributed by atoms with Crippen LogP contribution in [0.25, 0.3) is 5.57 Å². The average molecular weight is 395 g/mol. The Kier molecular flexibility index (Phi) is 4.43. The van der Waals surface area contributed by atoms with Gasteiger partial charge in [-0.05, 0) is 85.0 Å². The van der Waals surface area contributed by atoms with Gasteiger partial charge in [-0.1, -0.05) is 19.9 Å². The van der Waals surface area contributed by atoms with E-state index in [2.05, 4.69) is 44.1 Å². The molecule has 1 aromatic rings. The van der Waals surface area contributed by atoms with Gasteiger partial charge in [0.05, 0.1) is 6.61 Å². The minimum Gasteiger partial charge on any atom is -0.371 e. The number of hydrogen-bond acceptors (Lipinski definition) is 3. The Morgan fingerprint density at radius 3 is 2.79 bits per heavy atom. The lowest BCUT2D eigenvalue weighted by atomic mass is 9.48. The number of fused-ring (bicyclic) bond motifs is 5. The van der Waals surface area contributed by atoms with Gasteiger partial charge < -0.3 is 9.64 Å². The Bertz CT molecular complexity index is 864. The van der Waals surface area contributed by atoms with Gasteiger partial charge in [0.1, 0.15) is 6.61 Å². The predicted octanol–water partition coefficient (Wildman–Crippen LogP) is 4.48. The summed E-state index contributed by atoms with van der Waals surface area (Å²) >= 11 is 0. The molecule has 5 rings (SSSR count). The van der Waals surface area contributed by atoms with E-state index in [1.54, 1.807) is 0 Å². The third kappa shape index (κ3) is 2.74. The zero-order chi connectivity index (χ0) is 20.4. The van der Waals surface area contributed by atoms with Crippen molar-refractivity contribution in [1.29, 1.82) is 0 Å². The number of carbonyl (C=O) groups is 1. The van der Waals surface area contributed by atoms with Crippen LogP contribution >= 0.6 is 0 Å². The first-order valence-electron chi connectivity index (χ1n) is 11.3. The first-order chi connectivity index (χ1) is 13.8. The van der Waals surface area contributed by atoms with E-state index >= 15 is 0 Å². The summed E-state index contributed by atoms with van der Waals surface area (Å²) in [6.45, 7) is 8.01. The highest BCUT2D eigenvalue weighted by Gasteiger charge is 2.59. The summed E-state index contributed by atoms with van der Waals surface area (Å²) in [6, 6.07) is 2.62. The molecule has 0 aromatic carbocycles. The van der Waals surface area contributed by atoms with Crippen molar-refractivity contribution in [3.05, 3.63) is 35.7 Å². The minimum absolute atomic E-state index is 0.0683. The van der Waals surface area contributed by atoms with E-state index < -0.39 is 0 Å². The summed E-state index contributed by atoms with van der Waals surface area (Å²) in [5.41, 5.74) is 4.39. The maximum atomic E-state index is 12.4. The van der Waals surface area contributed by atoms with Crippen LogP contribution in [0, 0.1) is 35.5 Å². The van der Waals surface area contributed by atoms with Crippen molar-refractivity contribution in [2.24, 2.45) is 28.6 Å². The van der Waals surface area contributed by atoms with Crippen LogP contribution in [0.1, 0.15) is 57.1 Å². The monoisotopic (exact) mass is 394 g/mol. The van der Waals surface area contributed by atoms with E-state index in [1.807, 2.05) is 18.1 Å². The number of aryl methyl sites for hydroxylation is 1. The molecule has 29 heavy (non-hydrogen) atoms. The van der Waals surface area contributed by atoms with Gasteiger partial charge in [0.25, 0.3) is 0 Å². The fourth-order valence-electron chi connectivity index (χ4n) is 7.63. The molecule has 2 heterocycles. The van der Waals surface area contributed by atoms with Crippen LogP contribution in [-0.2, 0) is 9.53 Å². The molecule has 0 radical (unpaired) electrons. The molecule has 0 N–H and O–H groups in total. The number of rotatable bonds is 1. The SMILES string of the molecule is Cc1cncc(C2=CC[C@H]3[C@@H]4CCC5N(C)C(=O)COC[C@]5(C)[C@H]4CC[C@]23C)c1. The molecular formula is C25H34N2O2. The van der Waals surface area contributed by atoms with Crippen molar-refractivity contribution >= 4 is 11.5 Å². The van der Waals surface area contributed by atoms with Crippen molar-refractivity contribution in [3.63, 3.8) is 0 Å². The van der Waals surface area contributed by atoms with Crippen LogP contribution in [0.4, 0.5) is 0 Å². The number of pyridine rings is 1. The van der Waals surface area contributed by atoms with Crippen LogP contribution in [0.15, 0.2) is 24.5 Å². The molecule has 4 aliphatic rings. The van der Waals surface area contributed by atoms with Crippen LogP contribution < -0.4 is 0 Å². The predicted molar refractivity (Wildman–Crippen MR) is 114 cm³/mol. The summed E-state index contributed by atoms with van der Waals surface area (Å²) < 4.78 is 5.93. The molecule has 0 bridgehead atoms. The normalized spacial score (nSPS) is 41.9. The largest absolute Gasteiger partial charge is 0.371 e. The number of carbonyl (C=O) groups excluding carboxylic acids is 1. The van der Waals surface area contributed by atoms with Gasteiger partial charge in [0.15, 0.2) is 0 Å². The van der Waals surface area contributed by atoms with Gasteiger partial charge in [-0.2, -0.15) is 0 Å². The molecule has 1 saturated heterocycles. The first kappa shape index (κ1) is 19.3. The molecule has 1 aromatic heterocycles. The summed E-state index contributed by atoms with van der Waals surface area (Å²) in [5, 5.41) is 0. The van der Waals surface area contributed by atoms with E-state index in [0.29, 0.717) is 23.8 Å². The van der Waals surface area contributed by atoms with Crippen LogP contribution in [0.2, 0.25) is 0 Å². The Hall–Kier alpha value is -1.68. The minimum atomic E-state index is 0.0683. The molecule has 4 heteroatoms. The maximum Gasteiger partial charge on any atom is 0.248 e. The lowest BCUT2D eigenvalue weighted by Crippen LogP contribution is -2.58. The molecule has 6 atom stereocenters. The van der Waals surface area contributed by atoms with Crippen molar-refractivity contribution in [1.82, 2.24) is 9.88 Å². The lowest BCUT2D eigenvalue weighted by molar-refractivity contribution is -0.137. The highest BCUT2D eigenvalue weighted by atomic mass is 16.5. The third-order valence-electron chi connectivity index (χ3n) is 9.09. The van der Waals surface area contributed by atoms with Crippen LogP contribution in [0.5, 0.6) is 0 Å². The van der Waals surface area contributed by atoms with Gasteiger partial charge in [-0.15, -0.1) is 0 Å². The number of nitrogens with zero attached hydrogens (tertiary/aromatic N) is 2. The highest BCUT2D eigenvalue weighted by molar-refractivity contribution is 5.78. The number of likely N-dealkylation sites (N-methyl/N-ethyl adjacent to an activating group) is 1. The molecule has 1 aliphatic heterocycles. The van der Waals surface area contributed by atoms with Crippen molar-refractivity contribution < 1.29 is 9.53 Å². The van der Waals surface area contributed by atoms with E-state index in [0.717, 1.165) is 13.0 Å². The highest BCUT2D eigenvalue weighted by Crippen LogP contribution is 2.65. The van der Waals surface area contributed by atoms with E-state index in [1.165, 1.54) is 42.4 Å². The van der Waals surface area contributed by atoms with Crippen molar-refractivity contribution in [3.8, 4) is 0 Å². The number of hydrogen-bond donors (Lipinski definition) is 0. The quantitative estimate of drug-likeness (QED) is 0.705. The summed E-state index contributed by atoms with van der Waals surface area (Å²) in [6.07, 6.45) is 12.5. The van der Waals surface area contributed by atoms with Gasteiger partial charge in [0.2, 0.25) is 5.91 Å². The summed E-state index contributed by atoms with van der Waals surface area (Å²) in [4.78, 5) is 18.9. The van der Waals surface area contributed by atoms with E-state index in [9.17, 15) is 4.79 Å². The number of ether oxygens (including phenoxy) is 1. The van der Waals surface area contributed by atoms with Crippen molar-refractivity contribution in [2.45, 2.75) is 58.9 Å². The second-order valence-electron chi connectivity index (χ2n) is 10.5. The molecule has 1 amide bonds. The lowest BCUT2D eigenvalue weighted by Gasteiger charge is -2.59. The Morgan fingerprint density at radius 1 is 1.17 bits per heavy atom. The average Bonchev–Trinajstić information content (AvgIpc) is 2.99. The van der Waals surface area contributed by atoms with Crippen LogP contribution in [0.3, 0.4) is 0 Å². The fourth-order valence-corrected chi connectivity index (χ4v) is 7.63. The van der Waals surface area contributed by atoms with E-state index in [-0.39, 0.29) is 23.3 Å². The number of amides is 1. The van der Waals surface area contributed by atoms with Crippen molar-refractivity contribution in [2.75, 3.05) is 20.3 Å². The molecule has 3 aliphatic carbocycles. The third-order valence-corrected chi connectivity index (χ3v) is 9.09. The molecule has 2 saturated carbocycles. The Balaban J connectivity index is 1.46. The molecule has 156 valence electrons. The van der Waals surface area contributed by atoms with Crippen LogP contribution in [-0.4, -0.2) is 42.1 Å². The summed E-state index contributed by atoms with van der Waals surface area (Å²) in [5.74, 6) is 2.19. The molecule has 3 fully saturated rings. The van der Waals surface area contributed by atoms with Gasteiger partial charge in [-0.25, -0.2) is 0 Å². The second-order valence-corrected chi connectivity index (χ2v) is 10.5. The first-order valence-corrected chi connectivity index (χ1v) is 11.3. The second kappa shape index (κ2) is 6.66. The zero-order valence-electron chi connectivity index (χ0n) is 18.3. The molecule has 4 nitrogen and oxygen atoms in total. The maximum absolute atomic E-state index is 12.4. The molecular weight excluding hydrogens is 360 g/mol.